The molecule has 2 rings (SSSR count). The summed E-state index contributed by atoms with van der Waals surface area (Å²) in [5, 5.41) is 3.66. The molecule has 0 heterocycles. The Morgan fingerprint density at radius 3 is 2.35 bits per heavy atom. The minimum Gasteiger partial charge on any atom is -0.313 e. The number of hydrogen-bond acceptors (Lipinski definition) is 1. The Morgan fingerprint density at radius 1 is 1.12 bits per heavy atom. The molecule has 1 saturated carbocycles. The molecule has 0 saturated heterocycles. The number of nitrogens with one attached hydrogen (secondary N) is 1. The summed E-state index contributed by atoms with van der Waals surface area (Å²) in [7, 11) is 2.13. The first kappa shape index (κ1) is 12.6. The van der Waals surface area contributed by atoms with E-state index in [0.29, 0.717) is 0 Å². The minimum atomic E-state index is 0.270. The van der Waals surface area contributed by atoms with Gasteiger partial charge in [0.05, 0.1) is 0 Å². The van der Waals surface area contributed by atoms with Gasteiger partial charge in [-0.1, -0.05) is 57.0 Å². The van der Waals surface area contributed by atoms with E-state index < -0.39 is 0 Å². The van der Waals surface area contributed by atoms with E-state index in [2.05, 4.69) is 56.5 Å². The number of rotatable bonds is 3. The van der Waals surface area contributed by atoms with Crippen LogP contribution in [0.5, 0.6) is 0 Å². The van der Waals surface area contributed by atoms with E-state index in [9.17, 15) is 0 Å². The Kier molecular flexibility index (Phi) is 3.58. The third-order valence-electron chi connectivity index (χ3n) is 5.08. The second-order valence-corrected chi connectivity index (χ2v) is 5.59. The van der Waals surface area contributed by atoms with Gasteiger partial charge < -0.3 is 5.32 Å². The molecule has 0 aliphatic heterocycles. The molecular formula is C16H25N. The number of hydrogen-bond donors (Lipinski definition) is 1. The third-order valence-corrected chi connectivity index (χ3v) is 5.08. The molecule has 0 spiro atoms. The summed E-state index contributed by atoms with van der Waals surface area (Å²) < 4.78 is 0. The lowest BCUT2D eigenvalue weighted by molar-refractivity contribution is 0.118. The van der Waals surface area contributed by atoms with Gasteiger partial charge in [-0.3, -0.25) is 0 Å². The van der Waals surface area contributed by atoms with Crippen LogP contribution in [0.4, 0.5) is 0 Å². The topological polar surface area (TPSA) is 12.0 Å². The van der Waals surface area contributed by atoms with Crippen LogP contribution in [-0.2, 0) is 5.41 Å². The van der Waals surface area contributed by atoms with Crippen molar-refractivity contribution in [2.45, 2.75) is 56.9 Å². The van der Waals surface area contributed by atoms with Crippen LogP contribution in [0.15, 0.2) is 30.3 Å². The lowest BCUT2D eigenvalue weighted by Gasteiger charge is -2.52. The summed E-state index contributed by atoms with van der Waals surface area (Å²) in [6, 6.07) is 11.1. The van der Waals surface area contributed by atoms with Gasteiger partial charge in [0.1, 0.15) is 0 Å². The molecule has 17 heavy (non-hydrogen) atoms. The molecule has 94 valence electrons. The first-order valence-corrected chi connectivity index (χ1v) is 6.93. The first-order valence-electron chi connectivity index (χ1n) is 6.93. The lowest BCUT2D eigenvalue weighted by Crippen LogP contribution is -2.59. The van der Waals surface area contributed by atoms with Crippen molar-refractivity contribution >= 4 is 0 Å². The third kappa shape index (κ3) is 1.91. The zero-order chi connectivity index (χ0) is 12.4. The average Bonchev–Trinajstić information content (AvgIpc) is 2.41. The molecule has 1 aliphatic rings. The van der Waals surface area contributed by atoms with E-state index in [-0.39, 0.29) is 11.0 Å². The fourth-order valence-electron chi connectivity index (χ4n) is 3.79. The molecule has 2 atom stereocenters. The van der Waals surface area contributed by atoms with Gasteiger partial charge in [-0.15, -0.1) is 0 Å². The van der Waals surface area contributed by atoms with Gasteiger partial charge in [-0.05, 0) is 31.9 Å². The van der Waals surface area contributed by atoms with Crippen LogP contribution in [0.25, 0.3) is 0 Å². The summed E-state index contributed by atoms with van der Waals surface area (Å²) in [5.74, 6) is 0. The highest BCUT2D eigenvalue weighted by Gasteiger charge is 2.48. The van der Waals surface area contributed by atoms with Crippen LogP contribution in [-0.4, -0.2) is 12.6 Å². The predicted octanol–water partition coefficient (Wildman–Crippen LogP) is 3.89. The SMILES string of the molecule is CCC1(NC)CCCCC1(C)c1ccccc1. The van der Waals surface area contributed by atoms with E-state index in [1.54, 1.807) is 0 Å². The fraction of sp³-hybridized carbons (Fsp3) is 0.625. The lowest BCUT2D eigenvalue weighted by atomic mass is 9.58. The van der Waals surface area contributed by atoms with E-state index in [1.165, 1.54) is 37.7 Å². The summed E-state index contributed by atoms with van der Waals surface area (Å²) in [6.45, 7) is 4.77. The zero-order valence-corrected chi connectivity index (χ0v) is 11.4. The molecule has 0 bridgehead atoms. The zero-order valence-electron chi connectivity index (χ0n) is 11.4. The van der Waals surface area contributed by atoms with Gasteiger partial charge in [-0.25, -0.2) is 0 Å². The molecule has 1 aromatic carbocycles. The average molecular weight is 231 g/mol. The first-order chi connectivity index (χ1) is 8.18. The highest BCUT2D eigenvalue weighted by molar-refractivity contribution is 5.31. The Labute approximate surface area is 106 Å². The normalized spacial score (nSPS) is 33.6. The molecule has 0 radical (unpaired) electrons. The van der Waals surface area contributed by atoms with Gasteiger partial charge in [0.15, 0.2) is 0 Å². The summed E-state index contributed by atoms with van der Waals surface area (Å²) in [5.41, 5.74) is 2.04. The summed E-state index contributed by atoms with van der Waals surface area (Å²) >= 11 is 0. The molecule has 1 fully saturated rings. The largest absolute Gasteiger partial charge is 0.313 e. The molecule has 0 aromatic heterocycles. The van der Waals surface area contributed by atoms with Crippen molar-refractivity contribution in [1.29, 1.82) is 0 Å². The maximum atomic E-state index is 3.66. The van der Waals surface area contributed by atoms with Crippen LogP contribution in [0, 0.1) is 0 Å². The van der Waals surface area contributed by atoms with Gasteiger partial charge in [-0.2, -0.15) is 0 Å². The van der Waals surface area contributed by atoms with Gasteiger partial charge >= 0.3 is 0 Å². The van der Waals surface area contributed by atoms with Crippen LogP contribution in [0.3, 0.4) is 0 Å². The molecular weight excluding hydrogens is 206 g/mol. The van der Waals surface area contributed by atoms with Gasteiger partial charge in [0.2, 0.25) is 0 Å². The maximum absolute atomic E-state index is 3.66. The number of likely N-dealkylation sites (N-methyl/N-ethyl adjacent to an activating group) is 1. The van der Waals surface area contributed by atoms with E-state index in [0.717, 1.165) is 0 Å². The Morgan fingerprint density at radius 2 is 1.76 bits per heavy atom. The van der Waals surface area contributed by atoms with Crippen molar-refractivity contribution in [1.82, 2.24) is 5.32 Å². The quantitative estimate of drug-likeness (QED) is 0.832. The fourth-order valence-corrected chi connectivity index (χ4v) is 3.79. The predicted molar refractivity (Wildman–Crippen MR) is 74.3 cm³/mol. The van der Waals surface area contributed by atoms with E-state index in [4.69, 9.17) is 0 Å². The Bertz CT molecular complexity index is 353. The molecule has 1 nitrogen and oxygen atoms in total. The van der Waals surface area contributed by atoms with Crippen LogP contribution >= 0.6 is 0 Å². The van der Waals surface area contributed by atoms with Crippen molar-refractivity contribution < 1.29 is 0 Å². The van der Waals surface area contributed by atoms with Crippen LogP contribution in [0.2, 0.25) is 0 Å². The van der Waals surface area contributed by atoms with E-state index >= 15 is 0 Å². The van der Waals surface area contributed by atoms with Crippen molar-refractivity contribution in [3.05, 3.63) is 35.9 Å². The molecule has 1 aliphatic carbocycles. The van der Waals surface area contributed by atoms with Crippen LogP contribution < -0.4 is 5.32 Å². The standard InChI is InChI=1S/C16H25N/c1-4-16(17-3)13-9-8-12-15(16,2)14-10-6-5-7-11-14/h5-7,10-11,17H,4,8-9,12-13H2,1-3H3. The second kappa shape index (κ2) is 4.81. The number of benzene rings is 1. The second-order valence-electron chi connectivity index (χ2n) is 5.59. The van der Waals surface area contributed by atoms with Crippen molar-refractivity contribution in [3.8, 4) is 0 Å². The summed E-state index contributed by atoms with van der Waals surface area (Å²) in [6.07, 6.45) is 6.51. The minimum absolute atomic E-state index is 0.270. The highest BCUT2D eigenvalue weighted by Crippen LogP contribution is 2.47. The molecule has 0 amide bonds. The van der Waals surface area contributed by atoms with Gasteiger partial charge in [0, 0.05) is 11.0 Å². The van der Waals surface area contributed by atoms with E-state index in [1.807, 2.05) is 0 Å². The van der Waals surface area contributed by atoms with Gasteiger partial charge in [0.25, 0.3) is 0 Å². The van der Waals surface area contributed by atoms with Crippen molar-refractivity contribution in [3.63, 3.8) is 0 Å². The maximum Gasteiger partial charge on any atom is 0.0270 e. The summed E-state index contributed by atoms with van der Waals surface area (Å²) in [4.78, 5) is 0. The van der Waals surface area contributed by atoms with Crippen molar-refractivity contribution in [2.75, 3.05) is 7.05 Å². The van der Waals surface area contributed by atoms with Crippen LogP contribution in [0.1, 0.15) is 51.5 Å². The highest BCUT2D eigenvalue weighted by atomic mass is 15.0. The molecule has 2 unspecified atom stereocenters. The monoisotopic (exact) mass is 231 g/mol. The Balaban J connectivity index is 2.44. The molecule has 1 aromatic rings. The smallest absolute Gasteiger partial charge is 0.0270 e. The van der Waals surface area contributed by atoms with Crippen molar-refractivity contribution in [2.24, 2.45) is 0 Å². The Hall–Kier alpha value is -0.820. The molecule has 1 heteroatoms. The molecule has 1 N–H and O–H groups in total.